The number of nitrogens with one attached hydrogen (secondary N) is 2. The first-order valence-electron chi connectivity index (χ1n) is 11.6. The SMILES string of the molecule is CC(C)(COC(=O)/C=C/C(=O)OCC(C)(C)C(=O)C(=O)Nc1ccccc1)C(=O)C(=O)Nc1ccccc1. The highest BCUT2D eigenvalue weighted by Gasteiger charge is 2.35. The maximum Gasteiger partial charge on any atom is 0.331 e. The number of hydrogen-bond acceptors (Lipinski definition) is 8. The number of rotatable bonds is 12. The smallest absolute Gasteiger partial charge is 0.331 e. The molecule has 2 rings (SSSR count). The Morgan fingerprint density at radius 3 is 1.24 bits per heavy atom. The van der Waals surface area contributed by atoms with E-state index in [0.717, 1.165) is 12.2 Å². The summed E-state index contributed by atoms with van der Waals surface area (Å²) in [6, 6.07) is 16.8. The Bertz CT molecular complexity index is 1120. The normalized spacial score (nSPS) is 11.4. The van der Waals surface area contributed by atoms with Crippen molar-refractivity contribution in [1.29, 1.82) is 0 Å². The van der Waals surface area contributed by atoms with Crippen LogP contribution < -0.4 is 10.6 Å². The molecule has 0 atom stereocenters. The molecule has 0 aliphatic carbocycles. The zero-order chi connectivity index (χ0) is 28.3. The molecule has 0 radical (unpaired) electrons. The zero-order valence-corrected chi connectivity index (χ0v) is 21.6. The Labute approximate surface area is 220 Å². The lowest BCUT2D eigenvalue weighted by Gasteiger charge is -2.22. The zero-order valence-electron chi connectivity index (χ0n) is 21.6. The molecule has 0 unspecified atom stereocenters. The summed E-state index contributed by atoms with van der Waals surface area (Å²) in [6.07, 6.45) is 1.59. The molecule has 0 heterocycles. The number of benzene rings is 2. The van der Waals surface area contributed by atoms with Crippen molar-refractivity contribution in [2.75, 3.05) is 23.8 Å². The van der Waals surface area contributed by atoms with Gasteiger partial charge in [-0.05, 0) is 52.0 Å². The van der Waals surface area contributed by atoms with Gasteiger partial charge in [0.05, 0.1) is 10.8 Å². The van der Waals surface area contributed by atoms with Crippen molar-refractivity contribution in [3.63, 3.8) is 0 Å². The van der Waals surface area contributed by atoms with Gasteiger partial charge in [0.25, 0.3) is 11.8 Å². The van der Waals surface area contributed by atoms with Crippen LogP contribution in [0.15, 0.2) is 72.8 Å². The number of Topliss-reactive ketones (excluding diaryl/α,β-unsaturated/α-hetero) is 2. The second-order valence-electron chi connectivity index (χ2n) is 9.62. The fraction of sp³-hybridized carbons (Fsp3) is 0.286. The Hall–Kier alpha value is -4.60. The summed E-state index contributed by atoms with van der Waals surface area (Å²) in [7, 11) is 0. The van der Waals surface area contributed by atoms with Gasteiger partial charge in [0.2, 0.25) is 11.6 Å². The number of carbonyl (C=O) groups excluding carboxylic acids is 6. The third kappa shape index (κ3) is 9.12. The summed E-state index contributed by atoms with van der Waals surface area (Å²) in [5.41, 5.74) is -1.76. The number of esters is 2. The van der Waals surface area contributed by atoms with E-state index < -0.39 is 59.4 Å². The van der Waals surface area contributed by atoms with Gasteiger partial charge < -0.3 is 20.1 Å². The van der Waals surface area contributed by atoms with E-state index in [9.17, 15) is 28.8 Å². The van der Waals surface area contributed by atoms with Gasteiger partial charge in [-0.3, -0.25) is 19.2 Å². The highest BCUT2D eigenvalue weighted by molar-refractivity contribution is 6.42. The number of hydrogen-bond donors (Lipinski definition) is 2. The number of anilines is 2. The third-order valence-corrected chi connectivity index (χ3v) is 5.21. The molecule has 2 N–H and O–H groups in total. The van der Waals surface area contributed by atoms with Crippen molar-refractivity contribution in [1.82, 2.24) is 0 Å². The number of ether oxygens (including phenoxy) is 2. The first kappa shape index (κ1) is 29.6. The summed E-state index contributed by atoms with van der Waals surface area (Å²) < 4.78 is 10.0. The standard InChI is InChI=1S/C28H30N2O8/c1-27(2,23(33)25(35)29-19-11-7-5-8-12-19)17-37-21(31)15-16-22(32)38-18-28(3,4)24(34)26(36)30-20-13-9-6-10-14-20/h5-16H,17-18H2,1-4H3,(H,29,35)(H,30,36)/b16-15+. The van der Waals surface area contributed by atoms with E-state index in [2.05, 4.69) is 10.6 Å². The van der Waals surface area contributed by atoms with Gasteiger partial charge in [-0.25, -0.2) is 9.59 Å². The molecule has 38 heavy (non-hydrogen) atoms. The van der Waals surface area contributed by atoms with Crippen molar-refractivity contribution >= 4 is 46.7 Å². The van der Waals surface area contributed by atoms with Crippen LogP contribution in [0.5, 0.6) is 0 Å². The summed E-state index contributed by atoms with van der Waals surface area (Å²) in [4.78, 5) is 73.4. The number of carbonyl (C=O) groups is 6. The molecule has 0 saturated heterocycles. The van der Waals surface area contributed by atoms with Crippen molar-refractivity contribution in [3.8, 4) is 0 Å². The predicted molar refractivity (Wildman–Crippen MR) is 139 cm³/mol. The molecule has 0 bridgehead atoms. The first-order chi connectivity index (χ1) is 17.8. The maximum atomic E-state index is 12.5. The van der Waals surface area contributed by atoms with E-state index in [1.54, 1.807) is 60.7 Å². The number of ketones is 2. The number of amides is 2. The topological polar surface area (TPSA) is 145 Å². The molecule has 200 valence electrons. The van der Waals surface area contributed by atoms with Gasteiger partial charge in [0, 0.05) is 23.5 Å². The molecule has 2 amide bonds. The lowest BCUT2D eigenvalue weighted by atomic mass is 9.88. The molecule has 10 heteroatoms. The van der Waals surface area contributed by atoms with E-state index in [1.807, 2.05) is 0 Å². The average molecular weight is 523 g/mol. The van der Waals surface area contributed by atoms with Crippen LogP contribution >= 0.6 is 0 Å². The van der Waals surface area contributed by atoms with Gasteiger partial charge in [0.1, 0.15) is 13.2 Å². The molecule has 0 fully saturated rings. The van der Waals surface area contributed by atoms with Crippen LogP contribution in [-0.4, -0.2) is 48.5 Å². The van der Waals surface area contributed by atoms with Crippen LogP contribution in [0.2, 0.25) is 0 Å². The van der Waals surface area contributed by atoms with Crippen LogP contribution in [0.4, 0.5) is 11.4 Å². The second kappa shape index (κ2) is 13.1. The van der Waals surface area contributed by atoms with Crippen LogP contribution in [-0.2, 0) is 38.2 Å². The average Bonchev–Trinajstić information content (AvgIpc) is 2.89. The molecule has 2 aromatic rings. The maximum absolute atomic E-state index is 12.5. The molecule has 0 aromatic heterocycles. The molecule has 0 spiro atoms. The van der Waals surface area contributed by atoms with Gasteiger partial charge in [-0.15, -0.1) is 0 Å². The largest absolute Gasteiger partial charge is 0.461 e. The highest BCUT2D eigenvalue weighted by atomic mass is 16.5. The lowest BCUT2D eigenvalue weighted by molar-refractivity contribution is -0.149. The summed E-state index contributed by atoms with van der Waals surface area (Å²) in [5, 5.41) is 4.95. The van der Waals surface area contributed by atoms with Crippen LogP contribution in [0, 0.1) is 10.8 Å². The van der Waals surface area contributed by atoms with E-state index in [0.29, 0.717) is 11.4 Å². The number of para-hydroxylation sites is 2. The van der Waals surface area contributed by atoms with Gasteiger partial charge in [0.15, 0.2) is 0 Å². The minimum atomic E-state index is -1.33. The summed E-state index contributed by atoms with van der Waals surface area (Å²) in [5.74, 6) is -5.17. The molecule has 2 aromatic carbocycles. The molecular weight excluding hydrogens is 492 g/mol. The quantitative estimate of drug-likeness (QED) is 0.246. The van der Waals surface area contributed by atoms with E-state index in [-0.39, 0.29) is 0 Å². The third-order valence-electron chi connectivity index (χ3n) is 5.21. The monoisotopic (exact) mass is 522 g/mol. The van der Waals surface area contributed by atoms with Crippen molar-refractivity contribution < 1.29 is 38.2 Å². The van der Waals surface area contributed by atoms with Crippen molar-refractivity contribution in [2.24, 2.45) is 10.8 Å². The predicted octanol–water partition coefficient (Wildman–Crippen LogP) is 3.10. The Morgan fingerprint density at radius 1 is 0.605 bits per heavy atom. The fourth-order valence-corrected chi connectivity index (χ4v) is 2.90. The van der Waals surface area contributed by atoms with Crippen LogP contribution in [0.1, 0.15) is 27.7 Å². The lowest BCUT2D eigenvalue weighted by Crippen LogP contribution is -2.39. The Kier molecular flexibility index (Phi) is 10.2. The van der Waals surface area contributed by atoms with E-state index in [1.165, 1.54) is 27.7 Å². The summed E-state index contributed by atoms with van der Waals surface area (Å²) >= 11 is 0. The van der Waals surface area contributed by atoms with Crippen molar-refractivity contribution in [3.05, 3.63) is 72.8 Å². The molecule has 0 saturated carbocycles. The fourth-order valence-electron chi connectivity index (χ4n) is 2.90. The molecule has 0 aliphatic rings. The van der Waals surface area contributed by atoms with Crippen molar-refractivity contribution in [2.45, 2.75) is 27.7 Å². The Morgan fingerprint density at radius 2 is 0.921 bits per heavy atom. The minimum Gasteiger partial charge on any atom is -0.461 e. The molecule has 0 aliphatic heterocycles. The summed E-state index contributed by atoms with van der Waals surface area (Å²) in [6.45, 7) is 4.95. The van der Waals surface area contributed by atoms with Gasteiger partial charge in [-0.1, -0.05) is 36.4 Å². The van der Waals surface area contributed by atoms with E-state index in [4.69, 9.17) is 9.47 Å². The molecule has 10 nitrogen and oxygen atoms in total. The minimum absolute atomic E-state index is 0.412. The van der Waals surface area contributed by atoms with Gasteiger partial charge in [-0.2, -0.15) is 0 Å². The second-order valence-corrected chi connectivity index (χ2v) is 9.62. The van der Waals surface area contributed by atoms with E-state index >= 15 is 0 Å². The van der Waals surface area contributed by atoms with Gasteiger partial charge >= 0.3 is 11.9 Å². The van der Waals surface area contributed by atoms with Crippen LogP contribution in [0.25, 0.3) is 0 Å². The van der Waals surface area contributed by atoms with Crippen LogP contribution in [0.3, 0.4) is 0 Å². The molecular formula is C28H30N2O8. The Balaban J connectivity index is 1.80. The first-order valence-corrected chi connectivity index (χ1v) is 11.6. The highest BCUT2D eigenvalue weighted by Crippen LogP contribution is 2.20.